The predicted molar refractivity (Wildman–Crippen MR) is 156 cm³/mol. The minimum Gasteiger partial charge on any atom is -0.352 e. The summed E-state index contributed by atoms with van der Waals surface area (Å²) in [5, 5.41) is 3.37. The van der Waals surface area contributed by atoms with Crippen molar-refractivity contribution in [2.45, 2.75) is 64.6 Å². The van der Waals surface area contributed by atoms with Crippen LogP contribution in [0.2, 0.25) is 5.02 Å². The van der Waals surface area contributed by atoms with Crippen LogP contribution in [-0.4, -0.2) is 43.8 Å². The fraction of sp³-hybridized carbons (Fsp3) is 0.333. The molecule has 3 aromatic carbocycles. The molecule has 3 rings (SSSR count). The second kappa shape index (κ2) is 13.1. The third-order valence-electron chi connectivity index (χ3n) is 6.74. The van der Waals surface area contributed by atoms with Gasteiger partial charge >= 0.3 is 0 Å². The SMILES string of the molecule is CCC(C)NC(=O)C(C)N(Cc1ccccc1Cl)C(=O)CN(c1ccccc1C)S(=O)(=O)c1ccc(C)cc1. The first-order chi connectivity index (χ1) is 18.4. The van der Waals surface area contributed by atoms with Gasteiger partial charge in [-0.05, 0) is 69.5 Å². The van der Waals surface area contributed by atoms with Crippen LogP contribution in [0.15, 0.2) is 77.7 Å². The number of hydrogen-bond acceptors (Lipinski definition) is 4. The van der Waals surface area contributed by atoms with E-state index in [1.165, 1.54) is 17.0 Å². The number of amides is 2. The molecule has 0 heterocycles. The molecule has 0 bridgehead atoms. The maximum absolute atomic E-state index is 14.0. The number of nitrogens with one attached hydrogen (secondary N) is 1. The van der Waals surface area contributed by atoms with Gasteiger partial charge in [0.25, 0.3) is 10.0 Å². The number of aryl methyl sites for hydroxylation is 2. The molecular weight excluding hydrogens is 534 g/mol. The molecule has 7 nitrogen and oxygen atoms in total. The summed E-state index contributed by atoms with van der Waals surface area (Å²) >= 11 is 6.41. The zero-order valence-corrected chi connectivity index (χ0v) is 24.6. The van der Waals surface area contributed by atoms with Crippen LogP contribution in [0, 0.1) is 13.8 Å². The standard InChI is InChI=1S/C30H36ClN3O4S/c1-6-23(4)32-30(36)24(5)33(19-25-12-8-9-13-27(25)31)29(35)20-34(28-14-10-7-11-22(28)3)39(37,38)26-17-15-21(2)16-18-26/h7-18,23-24H,6,19-20H2,1-5H3,(H,32,36). The third kappa shape index (κ3) is 7.40. The average molecular weight is 570 g/mol. The van der Waals surface area contributed by atoms with Crippen LogP contribution in [-0.2, 0) is 26.2 Å². The summed E-state index contributed by atoms with van der Waals surface area (Å²) < 4.78 is 28.9. The van der Waals surface area contributed by atoms with Crippen LogP contribution in [0.1, 0.15) is 43.9 Å². The number of sulfonamides is 1. The molecule has 0 aliphatic carbocycles. The number of carbonyl (C=O) groups is 2. The predicted octanol–water partition coefficient (Wildman–Crippen LogP) is 5.48. The number of hydrogen-bond donors (Lipinski definition) is 1. The molecule has 0 radical (unpaired) electrons. The highest BCUT2D eigenvalue weighted by Gasteiger charge is 2.33. The lowest BCUT2D eigenvalue weighted by Crippen LogP contribution is -2.52. The van der Waals surface area contributed by atoms with Gasteiger partial charge in [-0.25, -0.2) is 8.42 Å². The molecule has 2 atom stereocenters. The van der Waals surface area contributed by atoms with Crippen LogP contribution in [0.5, 0.6) is 0 Å². The summed E-state index contributed by atoms with van der Waals surface area (Å²) in [5.41, 5.74) is 2.65. The molecule has 0 aliphatic heterocycles. The van der Waals surface area contributed by atoms with Crippen molar-refractivity contribution >= 4 is 39.1 Å². The molecule has 3 aromatic rings. The number of anilines is 1. The summed E-state index contributed by atoms with van der Waals surface area (Å²) in [6, 6.07) is 19.6. The van der Waals surface area contributed by atoms with E-state index < -0.39 is 28.5 Å². The monoisotopic (exact) mass is 569 g/mol. The summed E-state index contributed by atoms with van der Waals surface area (Å²) in [5.74, 6) is -0.853. The van der Waals surface area contributed by atoms with E-state index in [1.807, 2.05) is 26.8 Å². The van der Waals surface area contributed by atoms with E-state index in [0.29, 0.717) is 21.8 Å². The van der Waals surface area contributed by atoms with E-state index in [4.69, 9.17) is 11.6 Å². The van der Waals surface area contributed by atoms with E-state index in [1.54, 1.807) is 68.4 Å². The van der Waals surface area contributed by atoms with E-state index in [9.17, 15) is 18.0 Å². The molecule has 0 aromatic heterocycles. The van der Waals surface area contributed by atoms with Crippen molar-refractivity contribution in [3.8, 4) is 0 Å². The van der Waals surface area contributed by atoms with Crippen molar-refractivity contribution in [3.63, 3.8) is 0 Å². The Kier molecular flexibility index (Phi) is 10.2. The Labute approximate surface area is 236 Å². The quantitative estimate of drug-likeness (QED) is 0.331. The first kappa shape index (κ1) is 30.2. The van der Waals surface area contributed by atoms with Crippen LogP contribution < -0.4 is 9.62 Å². The molecule has 39 heavy (non-hydrogen) atoms. The van der Waals surface area contributed by atoms with E-state index in [0.717, 1.165) is 16.3 Å². The van der Waals surface area contributed by atoms with Gasteiger partial charge in [0.15, 0.2) is 0 Å². The zero-order chi connectivity index (χ0) is 28.7. The van der Waals surface area contributed by atoms with Gasteiger partial charge in [-0.2, -0.15) is 0 Å². The molecule has 0 fully saturated rings. The van der Waals surface area contributed by atoms with Crippen LogP contribution in [0.25, 0.3) is 0 Å². The average Bonchev–Trinajstić information content (AvgIpc) is 2.91. The van der Waals surface area contributed by atoms with Gasteiger partial charge in [0.2, 0.25) is 11.8 Å². The fourth-order valence-electron chi connectivity index (χ4n) is 4.05. The van der Waals surface area contributed by atoms with Crippen molar-refractivity contribution < 1.29 is 18.0 Å². The molecule has 208 valence electrons. The highest BCUT2D eigenvalue weighted by atomic mass is 35.5. The van der Waals surface area contributed by atoms with Crippen LogP contribution in [0.3, 0.4) is 0 Å². The molecule has 0 saturated carbocycles. The van der Waals surface area contributed by atoms with E-state index in [-0.39, 0.29) is 23.4 Å². The van der Waals surface area contributed by atoms with Gasteiger partial charge in [0, 0.05) is 17.6 Å². The van der Waals surface area contributed by atoms with E-state index >= 15 is 0 Å². The first-order valence-corrected chi connectivity index (χ1v) is 14.8. The Bertz CT molecular complexity index is 1410. The zero-order valence-electron chi connectivity index (χ0n) is 23.0. The number of carbonyl (C=O) groups excluding carboxylic acids is 2. The van der Waals surface area contributed by atoms with Gasteiger partial charge in [-0.15, -0.1) is 0 Å². The normalized spacial score (nSPS) is 12.9. The Morgan fingerprint density at radius 3 is 2.15 bits per heavy atom. The van der Waals surface area contributed by atoms with Gasteiger partial charge in [-0.3, -0.25) is 13.9 Å². The van der Waals surface area contributed by atoms with Crippen molar-refractivity contribution in [3.05, 3.63) is 94.5 Å². The number of para-hydroxylation sites is 1. The van der Waals surface area contributed by atoms with Gasteiger partial charge in [-0.1, -0.05) is 72.6 Å². The van der Waals surface area contributed by atoms with Crippen molar-refractivity contribution in [2.24, 2.45) is 0 Å². The molecule has 1 N–H and O–H groups in total. The Morgan fingerprint density at radius 1 is 0.923 bits per heavy atom. The molecule has 2 amide bonds. The maximum atomic E-state index is 14.0. The smallest absolute Gasteiger partial charge is 0.264 e. The summed E-state index contributed by atoms with van der Waals surface area (Å²) in [4.78, 5) is 28.6. The molecule has 0 spiro atoms. The van der Waals surface area contributed by atoms with Crippen molar-refractivity contribution in [1.82, 2.24) is 10.2 Å². The summed E-state index contributed by atoms with van der Waals surface area (Å²) in [6.45, 7) is 8.70. The summed E-state index contributed by atoms with van der Waals surface area (Å²) in [7, 11) is -4.11. The minimum atomic E-state index is -4.11. The largest absolute Gasteiger partial charge is 0.352 e. The fourth-order valence-corrected chi connectivity index (χ4v) is 5.73. The van der Waals surface area contributed by atoms with Gasteiger partial charge < -0.3 is 10.2 Å². The second-order valence-electron chi connectivity index (χ2n) is 9.72. The second-order valence-corrected chi connectivity index (χ2v) is 12.0. The third-order valence-corrected chi connectivity index (χ3v) is 8.88. The number of nitrogens with zero attached hydrogens (tertiary/aromatic N) is 2. The van der Waals surface area contributed by atoms with Crippen molar-refractivity contribution in [1.29, 1.82) is 0 Å². The molecule has 2 unspecified atom stereocenters. The lowest BCUT2D eigenvalue weighted by Gasteiger charge is -2.33. The topological polar surface area (TPSA) is 86.8 Å². The van der Waals surface area contributed by atoms with Crippen LogP contribution >= 0.6 is 11.6 Å². The Hall–Kier alpha value is -3.36. The van der Waals surface area contributed by atoms with Gasteiger partial charge in [0.1, 0.15) is 12.6 Å². The minimum absolute atomic E-state index is 0.0415. The van der Waals surface area contributed by atoms with Gasteiger partial charge in [0.05, 0.1) is 10.6 Å². The number of benzene rings is 3. The number of halogens is 1. The highest BCUT2D eigenvalue weighted by Crippen LogP contribution is 2.28. The summed E-state index contributed by atoms with van der Waals surface area (Å²) in [6.07, 6.45) is 0.729. The molecule has 0 saturated heterocycles. The number of rotatable bonds is 11. The van der Waals surface area contributed by atoms with E-state index in [2.05, 4.69) is 5.32 Å². The first-order valence-electron chi connectivity index (χ1n) is 12.9. The Balaban J connectivity index is 2.05. The van der Waals surface area contributed by atoms with Crippen molar-refractivity contribution in [2.75, 3.05) is 10.8 Å². The maximum Gasteiger partial charge on any atom is 0.264 e. The Morgan fingerprint density at radius 2 is 1.54 bits per heavy atom. The lowest BCUT2D eigenvalue weighted by molar-refractivity contribution is -0.139. The molecule has 0 aliphatic rings. The molecular formula is C30H36ClN3O4S. The highest BCUT2D eigenvalue weighted by molar-refractivity contribution is 7.92. The lowest BCUT2D eigenvalue weighted by atomic mass is 10.1. The van der Waals surface area contributed by atoms with Crippen LogP contribution in [0.4, 0.5) is 5.69 Å². The molecule has 9 heteroatoms.